The molecule has 0 radical (unpaired) electrons. The second-order valence-corrected chi connectivity index (χ2v) is 8.62. The Morgan fingerprint density at radius 3 is 3.04 bits per heavy atom. The lowest BCUT2D eigenvalue weighted by atomic mass is 9.93. The van der Waals surface area contributed by atoms with Crippen molar-refractivity contribution >= 4 is 32.0 Å². The summed E-state index contributed by atoms with van der Waals surface area (Å²) in [5.74, 6) is 0.280. The van der Waals surface area contributed by atoms with Crippen molar-refractivity contribution in [3.8, 4) is 0 Å². The van der Waals surface area contributed by atoms with Crippen LogP contribution in [0.2, 0.25) is 0 Å². The summed E-state index contributed by atoms with van der Waals surface area (Å²) in [5.41, 5.74) is 2.52. The van der Waals surface area contributed by atoms with Gasteiger partial charge in [0.25, 0.3) is 0 Å². The molecule has 3 aromatic heterocycles. The molecule has 1 aliphatic heterocycles. The Balaban J connectivity index is 1.78. The van der Waals surface area contributed by atoms with E-state index in [1.165, 1.54) is 0 Å². The van der Waals surface area contributed by atoms with Crippen LogP contribution in [0.15, 0.2) is 24.8 Å². The molecule has 3 aromatic rings. The summed E-state index contributed by atoms with van der Waals surface area (Å²) in [4.78, 5) is 16.4. The fraction of sp³-hybridized carbons (Fsp3) is 0.471. The van der Waals surface area contributed by atoms with E-state index >= 15 is 0 Å². The second-order valence-electron chi connectivity index (χ2n) is 6.53. The molecule has 4 heterocycles. The molecular formula is C17H21N5O2S. The van der Waals surface area contributed by atoms with E-state index in [0.717, 1.165) is 40.5 Å². The average Bonchev–Trinajstić information content (AvgIpc) is 3.10. The molecule has 0 bridgehead atoms. The molecule has 0 saturated carbocycles. The van der Waals surface area contributed by atoms with Crippen LogP contribution >= 0.6 is 0 Å². The van der Waals surface area contributed by atoms with E-state index in [2.05, 4.69) is 19.9 Å². The lowest BCUT2D eigenvalue weighted by Crippen LogP contribution is -2.40. The summed E-state index contributed by atoms with van der Waals surface area (Å²) < 4.78 is 26.6. The molecule has 1 saturated heterocycles. The van der Waals surface area contributed by atoms with Gasteiger partial charge in [0.2, 0.25) is 10.0 Å². The number of H-pyrrole nitrogens is 1. The molecule has 0 aromatic carbocycles. The Labute approximate surface area is 146 Å². The number of pyridine rings is 1. The Hall–Kier alpha value is -2.06. The van der Waals surface area contributed by atoms with Gasteiger partial charge in [0.05, 0.1) is 23.2 Å². The number of rotatable bonds is 4. The molecule has 1 fully saturated rings. The summed E-state index contributed by atoms with van der Waals surface area (Å²) in [6.07, 6.45) is 7.56. The highest BCUT2D eigenvalue weighted by Crippen LogP contribution is 2.33. The molecule has 1 aliphatic rings. The van der Waals surface area contributed by atoms with Crippen LogP contribution in [0.3, 0.4) is 0 Å². The van der Waals surface area contributed by atoms with Crippen LogP contribution in [-0.4, -0.2) is 51.5 Å². The molecule has 132 valence electrons. The smallest absolute Gasteiger partial charge is 0.214 e. The van der Waals surface area contributed by atoms with Crippen molar-refractivity contribution in [2.45, 2.75) is 32.1 Å². The molecule has 0 aliphatic carbocycles. The molecule has 25 heavy (non-hydrogen) atoms. The predicted octanol–water partition coefficient (Wildman–Crippen LogP) is 2.43. The van der Waals surface area contributed by atoms with Crippen molar-refractivity contribution < 1.29 is 8.42 Å². The van der Waals surface area contributed by atoms with Crippen molar-refractivity contribution in [3.05, 3.63) is 30.5 Å². The molecule has 1 N–H and O–H groups in total. The first-order valence-electron chi connectivity index (χ1n) is 8.64. The van der Waals surface area contributed by atoms with Crippen molar-refractivity contribution in [1.82, 2.24) is 24.2 Å². The summed E-state index contributed by atoms with van der Waals surface area (Å²) in [7, 11) is -3.19. The van der Waals surface area contributed by atoms with Gasteiger partial charge in [0.15, 0.2) is 0 Å². The molecule has 8 heteroatoms. The lowest BCUT2D eigenvalue weighted by Gasteiger charge is -2.32. The van der Waals surface area contributed by atoms with E-state index in [-0.39, 0.29) is 11.7 Å². The third-order valence-electron chi connectivity index (χ3n) is 4.84. The van der Waals surface area contributed by atoms with Crippen LogP contribution in [0.4, 0.5) is 0 Å². The standard InChI is InChI=1S/C17H21N5O2S/c1-2-8-25(23,24)22-7-3-4-12(10-22)16-15-13-5-6-18-17(13)19-9-14(15)20-11-21-16/h5-6,9,11-12H,2-4,7-8,10H2,1H3,(H,18,19). The van der Waals surface area contributed by atoms with Gasteiger partial charge in [-0.15, -0.1) is 0 Å². The Morgan fingerprint density at radius 1 is 1.32 bits per heavy atom. The quantitative estimate of drug-likeness (QED) is 0.772. The molecule has 1 unspecified atom stereocenters. The van der Waals surface area contributed by atoms with Crippen molar-refractivity contribution in [1.29, 1.82) is 0 Å². The average molecular weight is 359 g/mol. The Bertz CT molecular complexity index is 1010. The third kappa shape index (κ3) is 2.89. The van der Waals surface area contributed by atoms with Gasteiger partial charge in [-0.3, -0.25) is 0 Å². The third-order valence-corrected chi connectivity index (χ3v) is 6.89. The minimum absolute atomic E-state index is 0.0754. The first kappa shape index (κ1) is 16.4. The lowest BCUT2D eigenvalue weighted by molar-refractivity contribution is 0.313. The van der Waals surface area contributed by atoms with Crippen molar-refractivity contribution in [3.63, 3.8) is 0 Å². The highest BCUT2D eigenvalue weighted by molar-refractivity contribution is 7.89. The summed E-state index contributed by atoms with van der Waals surface area (Å²) in [5, 5.41) is 1.97. The summed E-state index contributed by atoms with van der Waals surface area (Å²) in [6, 6.07) is 1.98. The SMILES string of the molecule is CCCS(=O)(=O)N1CCCC(c2ncnc3cnc4[nH]ccc4c23)C1. The number of hydrogen-bond donors (Lipinski definition) is 1. The normalized spacial score (nSPS) is 19.6. The number of fused-ring (bicyclic) bond motifs is 3. The first-order chi connectivity index (χ1) is 12.1. The van der Waals surface area contributed by atoms with Gasteiger partial charge in [0.1, 0.15) is 12.0 Å². The van der Waals surface area contributed by atoms with E-state index in [0.29, 0.717) is 19.5 Å². The first-order valence-corrected chi connectivity index (χ1v) is 10.3. The zero-order valence-electron chi connectivity index (χ0n) is 14.1. The fourth-order valence-electron chi connectivity index (χ4n) is 3.70. The topological polar surface area (TPSA) is 91.8 Å². The van der Waals surface area contributed by atoms with Crippen LogP contribution in [0.1, 0.15) is 37.8 Å². The summed E-state index contributed by atoms with van der Waals surface area (Å²) >= 11 is 0. The van der Waals surface area contributed by atoms with Crippen LogP contribution in [0.25, 0.3) is 21.9 Å². The van der Waals surface area contributed by atoms with Gasteiger partial charge in [-0.25, -0.2) is 27.7 Å². The van der Waals surface area contributed by atoms with E-state index in [1.807, 2.05) is 19.2 Å². The molecule has 7 nitrogen and oxygen atoms in total. The van der Waals surface area contributed by atoms with Gasteiger partial charge >= 0.3 is 0 Å². The number of aromatic nitrogens is 4. The molecule has 0 spiro atoms. The zero-order valence-corrected chi connectivity index (χ0v) is 15.0. The monoisotopic (exact) mass is 359 g/mol. The van der Waals surface area contributed by atoms with E-state index in [4.69, 9.17) is 0 Å². The van der Waals surface area contributed by atoms with Gasteiger partial charge in [0, 0.05) is 36.0 Å². The second kappa shape index (κ2) is 6.34. The predicted molar refractivity (Wildman–Crippen MR) is 96.8 cm³/mol. The number of nitrogens with one attached hydrogen (secondary N) is 1. The zero-order chi connectivity index (χ0) is 17.4. The largest absolute Gasteiger partial charge is 0.346 e. The van der Waals surface area contributed by atoms with Gasteiger partial charge in [-0.1, -0.05) is 6.92 Å². The fourth-order valence-corrected chi connectivity index (χ4v) is 5.29. The van der Waals surface area contributed by atoms with Crippen molar-refractivity contribution in [2.75, 3.05) is 18.8 Å². The van der Waals surface area contributed by atoms with Crippen LogP contribution in [0, 0.1) is 0 Å². The van der Waals surface area contributed by atoms with E-state index in [1.54, 1.807) is 16.8 Å². The molecule has 1 atom stereocenters. The minimum atomic E-state index is -3.19. The molecule has 4 rings (SSSR count). The van der Waals surface area contributed by atoms with E-state index < -0.39 is 10.0 Å². The highest BCUT2D eigenvalue weighted by Gasteiger charge is 2.31. The van der Waals surface area contributed by atoms with Crippen LogP contribution < -0.4 is 0 Å². The van der Waals surface area contributed by atoms with Gasteiger partial charge < -0.3 is 4.98 Å². The van der Waals surface area contributed by atoms with Gasteiger partial charge in [-0.05, 0) is 25.3 Å². The number of aromatic amines is 1. The van der Waals surface area contributed by atoms with Crippen molar-refractivity contribution in [2.24, 2.45) is 0 Å². The van der Waals surface area contributed by atoms with Crippen LogP contribution in [-0.2, 0) is 10.0 Å². The number of hydrogen-bond acceptors (Lipinski definition) is 5. The molecule has 0 amide bonds. The Morgan fingerprint density at radius 2 is 2.20 bits per heavy atom. The van der Waals surface area contributed by atoms with Crippen LogP contribution in [0.5, 0.6) is 0 Å². The Kier molecular flexibility index (Phi) is 4.16. The number of piperidine rings is 1. The highest BCUT2D eigenvalue weighted by atomic mass is 32.2. The maximum Gasteiger partial charge on any atom is 0.214 e. The minimum Gasteiger partial charge on any atom is -0.346 e. The van der Waals surface area contributed by atoms with E-state index in [9.17, 15) is 8.42 Å². The summed E-state index contributed by atoms with van der Waals surface area (Å²) in [6.45, 7) is 2.98. The number of sulfonamides is 1. The maximum atomic E-state index is 12.5. The number of nitrogens with zero attached hydrogens (tertiary/aromatic N) is 4. The maximum absolute atomic E-state index is 12.5. The molecular weight excluding hydrogens is 338 g/mol. The van der Waals surface area contributed by atoms with Gasteiger partial charge in [-0.2, -0.15) is 0 Å².